The lowest BCUT2D eigenvalue weighted by Gasteiger charge is -1.94. The van der Waals surface area contributed by atoms with Crippen LogP contribution in [0.15, 0.2) is 12.7 Å². The SMILES string of the molecule is C=CC(=O)OCCC.C[SiH2]O[SiH3]. The lowest BCUT2D eigenvalue weighted by molar-refractivity contribution is -0.137. The largest absolute Gasteiger partial charge is 0.468 e. The van der Waals surface area contributed by atoms with Crippen molar-refractivity contribution in [3.63, 3.8) is 0 Å². The molecule has 3 nitrogen and oxygen atoms in total. The van der Waals surface area contributed by atoms with Crippen molar-refractivity contribution in [1.82, 2.24) is 0 Å². The van der Waals surface area contributed by atoms with E-state index in [-0.39, 0.29) is 15.7 Å². The van der Waals surface area contributed by atoms with Gasteiger partial charge in [-0.05, 0) is 6.42 Å². The highest BCUT2D eigenvalue weighted by atomic mass is 28.3. The predicted molar refractivity (Wildman–Crippen MR) is 56.9 cm³/mol. The van der Waals surface area contributed by atoms with E-state index in [1.807, 2.05) is 6.92 Å². The van der Waals surface area contributed by atoms with Crippen molar-refractivity contribution in [2.45, 2.75) is 19.9 Å². The Morgan fingerprint density at radius 3 is 2.50 bits per heavy atom. The Morgan fingerprint density at radius 1 is 1.75 bits per heavy atom. The summed E-state index contributed by atoms with van der Waals surface area (Å²) in [7, 11) is 0.938. The highest BCUT2D eigenvalue weighted by molar-refractivity contribution is 6.32. The molecule has 0 spiro atoms. The summed E-state index contributed by atoms with van der Waals surface area (Å²) in [6.07, 6.45) is 2.02. The van der Waals surface area contributed by atoms with Gasteiger partial charge in [0.2, 0.25) is 0 Å². The highest BCUT2D eigenvalue weighted by Crippen LogP contribution is 1.81. The molecule has 0 rings (SSSR count). The van der Waals surface area contributed by atoms with Gasteiger partial charge in [-0.25, -0.2) is 4.79 Å². The van der Waals surface area contributed by atoms with Gasteiger partial charge in [-0.2, -0.15) is 0 Å². The molecule has 0 heterocycles. The first-order chi connectivity index (χ1) is 5.72. The van der Waals surface area contributed by atoms with Gasteiger partial charge in [0.1, 0.15) is 20.2 Å². The van der Waals surface area contributed by atoms with Gasteiger partial charge in [0.25, 0.3) is 0 Å². The van der Waals surface area contributed by atoms with Crippen LogP contribution in [0.5, 0.6) is 0 Å². The monoisotopic (exact) mass is 206 g/mol. The second-order valence-corrected chi connectivity index (χ2v) is 4.84. The average molecular weight is 206 g/mol. The van der Waals surface area contributed by atoms with Crippen LogP contribution in [0, 0.1) is 0 Å². The standard InChI is InChI=1S/C6H10O2.CH8OSi2/c1-3-5-8-6(7)4-2;1-4-2-3/h4H,2-3,5H2,1H3;4H2,1,3H3. The molecular formula is C7H18O3Si2. The van der Waals surface area contributed by atoms with Crippen LogP contribution in [0.4, 0.5) is 0 Å². The van der Waals surface area contributed by atoms with Gasteiger partial charge in [-0.15, -0.1) is 0 Å². The van der Waals surface area contributed by atoms with E-state index in [2.05, 4.69) is 17.9 Å². The number of hydrogen-bond donors (Lipinski definition) is 0. The van der Waals surface area contributed by atoms with Crippen LogP contribution < -0.4 is 0 Å². The molecule has 72 valence electrons. The van der Waals surface area contributed by atoms with Crippen molar-refractivity contribution >= 4 is 26.2 Å². The zero-order valence-electron chi connectivity index (χ0n) is 8.13. The summed E-state index contributed by atoms with van der Waals surface area (Å²) in [5.41, 5.74) is 0. The molecule has 0 aliphatic rings. The molecule has 0 fully saturated rings. The molecule has 0 aliphatic heterocycles. The Bertz CT molecular complexity index is 115. The maximum Gasteiger partial charge on any atom is 0.330 e. The van der Waals surface area contributed by atoms with E-state index in [4.69, 9.17) is 4.12 Å². The molecule has 0 radical (unpaired) electrons. The molecule has 0 aromatic rings. The lowest BCUT2D eigenvalue weighted by atomic mass is 10.5. The van der Waals surface area contributed by atoms with Crippen LogP contribution in [0.25, 0.3) is 0 Å². The Balaban J connectivity index is 0. The third-order valence-corrected chi connectivity index (χ3v) is 3.21. The first-order valence-corrected chi connectivity index (χ1v) is 6.81. The van der Waals surface area contributed by atoms with Crippen LogP contribution in [-0.2, 0) is 13.6 Å². The van der Waals surface area contributed by atoms with Crippen molar-refractivity contribution in [3.05, 3.63) is 12.7 Å². The summed E-state index contributed by atoms with van der Waals surface area (Å²) in [6.45, 7) is 7.80. The second-order valence-electron chi connectivity index (χ2n) is 1.95. The minimum absolute atomic E-state index is 0.0139. The fourth-order valence-corrected chi connectivity index (χ4v) is 0.262. The molecule has 0 atom stereocenters. The summed E-state index contributed by atoms with van der Waals surface area (Å²) in [6, 6.07) is 0. The average Bonchev–Trinajstić information content (AvgIpc) is 2.14. The van der Waals surface area contributed by atoms with Gasteiger partial charge in [0.05, 0.1) is 6.61 Å². The van der Waals surface area contributed by atoms with E-state index in [1.54, 1.807) is 0 Å². The van der Waals surface area contributed by atoms with Crippen molar-refractivity contribution in [2.75, 3.05) is 6.61 Å². The molecule has 5 heteroatoms. The first-order valence-electron chi connectivity index (χ1n) is 4.00. The topological polar surface area (TPSA) is 35.5 Å². The summed E-state index contributed by atoms with van der Waals surface area (Å²) < 4.78 is 9.40. The maximum atomic E-state index is 10.2. The Hall–Kier alpha value is -0.396. The van der Waals surface area contributed by atoms with Crippen molar-refractivity contribution in [3.8, 4) is 0 Å². The third-order valence-electron chi connectivity index (χ3n) is 0.904. The third kappa shape index (κ3) is 16.3. The van der Waals surface area contributed by atoms with Crippen LogP contribution >= 0.6 is 0 Å². The summed E-state index contributed by atoms with van der Waals surface area (Å²) >= 11 is 0. The number of esters is 1. The zero-order chi connectivity index (χ0) is 9.82. The molecule has 0 aromatic carbocycles. The van der Waals surface area contributed by atoms with E-state index < -0.39 is 0 Å². The van der Waals surface area contributed by atoms with Gasteiger partial charge in [-0.3, -0.25) is 0 Å². The fraction of sp³-hybridized carbons (Fsp3) is 0.571. The van der Waals surface area contributed by atoms with E-state index >= 15 is 0 Å². The molecule has 0 saturated heterocycles. The minimum atomic E-state index is -0.341. The smallest absolute Gasteiger partial charge is 0.330 e. The maximum absolute atomic E-state index is 10.2. The van der Waals surface area contributed by atoms with Gasteiger partial charge >= 0.3 is 5.97 Å². The Morgan fingerprint density at radius 2 is 2.25 bits per heavy atom. The van der Waals surface area contributed by atoms with Gasteiger partial charge in [0, 0.05) is 6.08 Å². The number of carbonyl (C=O) groups excluding carboxylic acids is 1. The molecule has 0 saturated carbocycles. The van der Waals surface area contributed by atoms with E-state index in [0.717, 1.165) is 23.0 Å². The van der Waals surface area contributed by atoms with E-state index in [0.29, 0.717) is 6.61 Å². The first kappa shape index (κ1) is 14.1. The molecule has 0 unspecified atom stereocenters. The Labute approximate surface area is 79.6 Å². The molecule has 0 aliphatic carbocycles. The van der Waals surface area contributed by atoms with Crippen LogP contribution in [0.3, 0.4) is 0 Å². The number of ether oxygens (including phenoxy) is 1. The Kier molecular flexibility index (Phi) is 15.6. The number of hydrogen-bond acceptors (Lipinski definition) is 3. The van der Waals surface area contributed by atoms with Crippen molar-refractivity contribution < 1.29 is 13.6 Å². The van der Waals surface area contributed by atoms with Gasteiger partial charge in [0.15, 0.2) is 0 Å². The normalized spacial score (nSPS) is 9.17. The van der Waals surface area contributed by atoms with Crippen LogP contribution in [0.1, 0.15) is 13.3 Å². The van der Waals surface area contributed by atoms with Gasteiger partial charge in [-0.1, -0.05) is 20.0 Å². The molecule has 0 aromatic heterocycles. The quantitative estimate of drug-likeness (QED) is 0.355. The summed E-state index contributed by atoms with van der Waals surface area (Å²) in [5, 5.41) is 0. The van der Waals surface area contributed by atoms with E-state index in [1.165, 1.54) is 0 Å². The van der Waals surface area contributed by atoms with Crippen LogP contribution in [0.2, 0.25) is 6.55 Å². The molecule has 0 N–H and O–H groups in total. The predicted octanol–water partition coefficient (Wildman–Crippen LogP) is -0.459. The number of rotatable bonds is 4. The molecule has 12 heavy (non-hydrogen) atoms. The summed E-state index contributed by atoms with van der Waals surface area (Å²) in [5.74, 6) is -0.341. The van der Waals surface area contributed by atoms with Crippen molar-refractivity contribution in [1.29, 1.82) is 0 Å². The van der Waals surface area contributed by atoms with Gasteiger partial charge < -0.3 is 8.85 Å². The van der Waals surface area contributed by atoms with E-state index in [9.17, 15) is 4.79 Å². The summed E-state index contributed by atoms with van der Waals surface area (Å²) in [4.78, 5) is 10.2. The zero-order valence-corrected chi connectivity index (χ0v) is 11.5. The lowest BCUT2D eigenvalue weighted by Crippen LogP contribution is -1.99. The molecule has 0 amide bonds. The highest BCUT2D eigenvalue weighted by Gasteiger charge is 1.89. The van der Waals surface area contributed by atoms with Crippen LogP contribution in [-0.4, -0.2) is 32.8 Å². The number of carbonyl (C=O) groups is 1. The van der Waals surface area contributed by atoms with Crippen molar-refractivity contribution in [2.24, 2.45) is 0 Å². The minimum Gasteiger partial charge on any atom is -0.468 e. The second kappa shape index (κ2) is 13.2. The molecule has 0 bridgehead atoms. The molecular weight excluding hydrogens is 188 g/mol. The fourth-order valence-electron chi connectivity index (χ4n) is 0.262.